The van der Waals surface area contributed by atoms with Gasteiger partial charge in [0.05, 0.1) is 28.9 Å². The van der Waals surface area contributed by atoms with Crippen LogP contribution in [0.4, 0.5) is 5.69 Å². The van der Waals surface area contributed by atoms with Crippen LogP contribution < -0.4 is 4.90 Å². The highest BCUT2D eigenvalue weighted by molar-refractivity contribution is 9.09. The van der Waals surface area contributed by atoms with Gasteiger partial charge in [0, 0.05) is 0 Å². The van der Waals surface area contributed by atoms with Crippen molar-refractivity contribution in [3.63, 3.8) is 0 Å². The molecule has 6 rings (SSSR count). The van der Waals surface area contributed by atoms with Gasteiger partial charge in [-0.3, -0.25) is 29.0 Å². The van der Waals surface area contributed by atoms with Crippen molar-refractivity contribution in [2.75, 3.05) is 10.4 Å². The number of rotatable bonds is 5. The second kappa shape index (κ2) is 9.16. The number of hydrogen-bond donors (Lipinski definition) is 1. The Balaban J connectivity index is 1.48. The summed E-state index contributed by atoms with van der Waals surface area (Å²) in [5, 5.41) is 9.62. The monoisotopic (exact) mass is 632 g/mol. The molecule has 11 heteroatoms. The molecule has 1 aromatic carbocycles. The molecular weight excluding hydrogens is 611 g/mol. The van der Waals surface area contributed by atoms with E-state index < -0.39 is 51.1 Å². The van der Waals surface area contributed by atoms with Crippen LogP contribution in [0.5, 0.6) is 0 Å². The van der Waals surface area contributed by atoms with Crippen LogP contribution in [0.3, 0.4) is 0 Å². The lowest BCUT2D eigenvalue weighted by Crippen LogP contribution is -2.60. The van der Waals surface area contributed by atoms with Crippen LogP contribution in [-0.2, 0) is 25.8 Å². The lowest BCUT2D eigenvalue weighted by molar-refractivity contribution is -0.138. The van der Waals surface area contributed by atoms with E-state index >= 15 is 0 Å². The van der Waals surface area contributed by atoms with Crippen molar-refractivity contribution in [2.24, 2.45) is 17.8 Å². The summed E-state index contributed by atoms with van der Waals surface area (Å²) in [7, 11) is 0. The summed E-state index contributed by atoms with van der Waals surface area (Å²) < 4.78 is 5.87. The molecule has 0 radical (unpaired) electrons. The minimum Gasteiger partial charge on any atom is -0.463 e. The first-order chi connectivity index (χ1) is 18.6. The largest absolute Gasteiger partial charge is 0.463 e. The third-order valence-corrected chi connectivity index (χ3v) is 10.4. The smallest absolute Gasteiger partial charge is 0.254 e. The van der Waals surface area contributed by atoms with Gasteiger partial charge >= 0.3 is 0 Å². The van der Waals surface area contributed by atoms with Crippen molar-refractivity contribution in [3.8, 4) is 0 Å². The average Bonchev–Trinajstić information content (AvgIpc) is 3.55. The van der Waals surface area contributed by atoms with E-state index in [1.165, 1.54) is 4.90 Å². The van der Waals surface area contributed by atoms with Crippen LogP contribution in [-0.4, -0.2) is 48.8 Å². The van der Waals surface area contributed by atoms with Gasteiger partial charge in [-0.2, -0.15) is 0 Å². The number of allylic oxidation sites excluding steroid dienone is 2. The van der Waals surface area contributed by atoms with Crippen molar-refractivity contribution >= 4 is 74.5 Å². The maximum Gasteiger partial charge on any atom is 0.254 e. The zero-order valence-electron chi connectivity index (χ0n) is 20.5. The van der Waals surface area contributed by atoms with Crippen molar-refractivity contribution in [1.82, 2.24) is 4.90 Å². The minimum atomic E-state index is -1.94. The predicted molar refractivity (Wildman–Crippen MR) is 147 cm³/mol. The summed E-state index contributed by atoms with van der Waals surface area (Å²) in [6.07, 6.45) is 3.65. The Morgan fingerprint density at radius 1 is 1.05 bits per heavy atom. The van der Waals surface area contributed by atoms with E-state index in [1.54, 1.807) is 42.5 Å². The van der Waals surface area contributed by atoms with E-state index in [9.17, 15) is 24.3 Å². The van der Waals surface area contributed by atoms with Crippen molar-refractivity contribution in [1.29, 1.82) is 0 Å². The molecule has 6 unspecified atom stereocenters. The Bertz CT molecular complexity index is 1470. The number of fused-ring (bicyclic) bond motifs is 4. The Morgan fingerprint density at radius 2 is 1.77 bits per heavy atom. The van der Waals surface area contributed by atoms with Gasteiger partial charge in [0.25, 0.3) is 11.8 Å². The molecule has 4 aliphatic rings. The number of aliphatic hydroxyl groups excluding tert-OH is 1. The summed E-state index contributed by atoms with van der Waals surface area (Å²) in [5.74, 6) is -4.67. The van der Waals surface area contributed by atoms with Crippen molar-refractivity contribution < 1.29 is 28.7 Å². The van der Waals surface area contributed by atoms with Gasteiger partial charge in [-0.05, 0) is 48.6 Å². The summed E-state index contributed by atoms with van der Waals surface area (Å²) >= 11 is 17.5. The number of hydrogen-bond acceptors (Lipinski definition) is 6. The van der Waals surface area contributed by atoms with Gasteiger partial charge in [0.2, 0.25) is 11.8 Å². The first-order valence-electron chi connectivity index (χ1n) is 12.4. The number of amides is 4. The minimum absolute atomic E-state index is 0.106. The van der Waals surface area contributed by atoms with Gasteiger partial charge in [-0.15, -0.1) is 23.2 Å². The molecule has 202 valence electrons. The standard InChI is InChI=1S/C28H23BrCl2N2O6/c1-2-14-3-5-15(6-4-14)33-23(35)18-9-8-17-19(21(18)24(33)36)11-27(30)25(37)32(13-29)26(38)28(27,31)22(17)20-10-7-16(12-34)39-20/h2-8,10,18-19,21-22,34H,1,9,11-13H2. The number of aliphatic hydroxyl groups is 1. The Kier molecular flexibility index (Phi) is 6.22. The van der Waals surface area contributed by atoms with Gasteiger partial charge < -0.3 is 9.52 Å². The van der Waals surface area contributed by atoms with Crippen molar-refractivity contribution in [2.45, 2.75) is 35.1 Å². The second-order valence-electron chi connectivity index (χ2n) is 10.3. The van der Waals surface area contributed by atoms with Gasteiger partial charge in [-0.25, -0.2) is 0 Å². The molecule has 2 saturated heterocycles. The highest BCUT2D eigenvalue weighted by Gasteiger charge is 2.76. The number of anilines is 1. The molecule has 6 atom stereocenters. The fourth-order valence-electron chi connectivity index (χ4n) is 6.71. The van der Waals surface area contributed by atoms with E-state index in [2.05, 4.69) is 22.5 Å². The Morgan fingerprint density at radius 3 is 2.38 bits per heavy atom. The zero-order valence-corrected chi connectivity index (χ0v) is 23.6. The molecular formula is C28H23BrCl2N2O6. The van der Waals surface area contributed by atoms with Crippen LogP contribution in [0, 0.1) is 17.8 Å². The number of likely N-dealkylation sites (tertiary alicyclic amines) is 1. The van der Waals surface area contributed by atoms with E-state index in [4.69, 9.17) is 27.6 Å². The molecule has 39 heavy (non-hydrogen) atoms. The van der Waals surface area contributed by atoms with E-state index in [0.717, 1.165) is 10.5 Å². The Hall–Kier alpha value is -2.72. The molecule has 1 saturated carbocycles. The van der Waals surface area contributed by atoms with Crippen LogP contribution in [0.2, 0.25) is 0 Å². The molecule has 4 amide bonds. The first kappa shape index (κ1) is 26.5. The zero-order chi connectivity index (χ0) is 27.9. The van der Waals surface area contributed by atoms with E-state index in [-0.39, 0.29) is 42.3 Å². The number of imide groups is 2. The number of benzene rings is 1. The molecule has 3 heterocycles. The van der Waals surface area contributed by atoms with Gasteiger partial charge in [0.1, 0.15) is 18.1 Å². The summed E-state index contributed by atoms with van der Waals surface area (Å²) in [5.41, 5.74) is 1.81. The van der Waals surface area contributed by atoms with Gasteiger partial charge in [0.15, 0.2) is 9.75 Å². The average molecular weight is 634 g/mol. The lowest BCUT2D eigenvalue weighted by atomic mass is 9.57. The molecule has 0 bridgehead atoms. The van der Waals surface area contributed by atoms with Crippen LogP contribution in [0.15, 0.2) is 59.0 Å². The van der Waals surface area contributed by atoms with Crippen LogP contribution in [0.1, 0.15) is 35.8 Å². The summed E-state index contributed by atoms with van der Waals surface area (Å²) in [6.45, 7) is 3.35. The maximum absolute atomic E-state index is 14.0. The normalized spacial score (nSPS) is 33.7. The number of nitrogens with zero attached hydrogens (tertiary/aromatic N) is 2. The van der Waals surface area contributed by atoms with Crippen LogP contribution >= 0.6 is 39.1 Å². The number of furan rings is 1. The number of carbonyl (C=O) groups excluding carboxylic acids is 4. The van der Waals surface area contributed by atoms with Crippen molar-refractivity contribution in [3.05, 3.63) is 71.7 Å². The van der Waals surface area contributed by atoms with Gasteiger partial charge in [-0.1, -0.05) is 52.4 Å². The molecule has 2 aromatic rings. The molecule has 1 aromatic heterocycles. The molecule has 8 nitrogen and oxygen atoms in total. The molecule has 0 spiro atoms. The maximum atomic E-state index is 14.0. The third-order valence-electron chi connectivity index (χ3n) is 8.52. The number of carbonyl (C=O) groups is 4. The quantitative estimate of drug-likeness (QED) is 0.227. The second-order valence-corrected chi connectivity index (χ2v) is 12.0. The lowest BCUT2D eigenvalue weighted by Gasteiger charge is -2.49. The molecule has 1 N–H and O–H groups in total. The fraction of sp³-hybridized carbons (Fsp3) is 0.357. The molecule has 3 fully saturated rings. The topological polar surface area (TPSA) is 108 Å². The fourth-order valence-corrected chi connectivity index (χ4v) is 8.12. The highest BCUT2D eigenvalue weighted by atomic mass is 79.9. The summed E-state index contributed by atoms with van der Waals surface area (Å²) in [6, 6.07) is 10.1. The summed E-state index contributed by atoms with van der Waals surface area (Å²) in [4.78, 5) is 53.1. The number of alkyl halides is 3. The highest BCUT2D eigenvalue weighted by Crippen LogP contribution is 2.65. The molecule has 2 aliphatic heterocycles. The number of halogens is 3. The Labute approximate surface area is 242 Å². The van der Waals surface area contributed by atoms with Crippen LogP contribution in [0.25, 0.3) is 6.08 Å². The first-order valence-corrected chi connectivity index (χ1v) is 14.3. The molecule has 2 aliphatic carbocycles. The SMILES string of the molecule is C=Cc1ccc(N2C(=O)C3CC=C4C(CC5(Cl)C(=O)N(CBr)C(=O)C5(Cl)C4c4ccc(CO)o4)C3C2=O)cc1. The van der Waals surface area contributed by atoms with E-state index in [1.807, 2.05) is 6.08 Å². The third kappa shape index (κ3) is 3.40. The van der Waals surface area contributed by atoms with E-state index in [0.29, 0.717) is 11.3 Å². The predicted octanol–water partition coefficient (Wildman–Crippen LogP) is 4.33.